The van der Waals surface area contributed by atoms with Gasteiger partial charge in [0.05, 0.1) is 19.1 Å². The van der Waals surface area contributed by atoms with Gasteiger partial charge < -0.3 is 10.1 Å². The van der Waals surface area contributed by atoms with Gasteiger partial charge >= 0.3 is 5.97 Å². The number of esters is 1. The molecule has 0 spiro atoms. The monoisotopic (exact) mass is 373 g/mol. The summed E-state index contributed by atoms with van der Waals surface area (Å²) in [5, 5.41) is 2.97. The van der Waals surface area contributed by atoms with Gasteiger partial charge in [0.25, 0.3) is 0 Å². The van der Waals surface area contributed by atoms with E-state index >= 15 is 0 Å². The van der Waals surface area contributed by atoms with Crippen LogP contribution in [-0.2, 0) is 20.9 Å². The van der Waals surface area contributed by atoms with Gasteiger partial charge in [-0.15, -0.1) is 0 Å². The molecule has 0 saturated carbocycles. The zero-order chi connectivity index (χ0) is 19.1. The number of hydrogen-bond donors (Lipinski definition) is 1. The third kappa shape index (κ3) is 6.04. The lowest BCUT2D eigenvalue weighted by Gasteiger charge is -2.30. The Balaban J connectivity index is 1.45. The molecular formula is C21H31N3O3. The molecule has 2 aliphatic rings. The van der Waals surface area contributed by atoms with E-state index in [9.17, 15) is 9.59 Å². The molecule has 27 heavy (non-hydrogen) atoms. The minimum Gasteiger partial charge on any atom is -0.466 e. The summed E-state index contributed by atoms with van der Waals surface area (Å²) in [7, 11) is 0. The Bertz CT molecular complexity index is 626. The van der Waals surface area contributed by atoms with Crippen LogP contribution < -0.4 is 5.32 Å². The van der Waals surface area contributed by atoms with E-state index in [1.54, 1.807) is 0 Å². The number of benzene rings is 1. The number of nitrogens with one attached hydrogen (secondary N) is 1. The molecule has 2 saturated heterocycles. The first kappa shape index (κ1) is 19.8. The van der Waals surface area contributed by atoms with Crippen molar-refractivity contribution >= 4 is 17.6 Å². The molecule has 1 N–H and O–H groups in total. The van der Waals surface area contributed by atoms with Crippen LogP contribution in [0.2, 0.25) is 0 Å². The Labute approximate surface area is 161 Å². The molecule has 1 amide bonds. The Morgan fingerprint density at radius 2 is 1.78 bits per heavy atom. The molecule has 1 aromatic carbocycles. The van der Waals surface area contributed by atoms with E-state index in [4.69, 9.17) is 4.74 Å². The number of ether oxygens (including phenoxy) is 1. The van der Waals surface area contributed by atoms with E-state index in [0.29, 0.717) is 19.7 Å². The Morgan fingerprint density at radius 3 is 2.48 bits per heavy atom. The number of likely N-dealkylation sites (tertiary alicyclic amines) is 2. The smallest absolute Gasteiger partial charge is 0.310 e. The first-order valence-electron chi connectivity index (χ1n) is 10.1. The van der Waals surface area contributed by atoms with Gasteiger partial charge in [0, 0.05) is 18.8 Å². The quantitative estimate of drug-likeness (QED) is 0.744. The molecule has 0 unspecified atom stereocenters. The van der Waals surface area contributed by atoms with Gasteiger partial charge in [0.2, 0.25) is 5.91 Å². The minimum atomic E-state index is -0.142. The van der Waals surface area contributed by atoms with Gasteiger partial charge in [-0.05, 0) is 69.9 Å². The SMILES string of the molecule is CCOC(=O)[C@H]1CCCN(CC(=O)Nc2ccc(CN3CCCC3)cc2)C1. The number of carbonyl (C=O) groups excluding carboxylic acids is 2. The Morgan fingerprint density at radius 1 is 1.07 bits per heavy atom. The normalized spacial score (nSPS) is 21.1. The zero-order valence-corrected chi connectivity index (χ0v) is 16.3. The van der Waals surface area contributed by atoms with Crippen molar-refractivity contribution in [2.24, 2.45) is 5.92 Å². The summed E-state index contributed by atoms with van der Waals surface area (Å²) < 4.78 is 5.12. The fraction of sp³-hybridized carbons (Fsp3) is 0.619. The largest absolute Gasteiger partial charge is 0.466 e. The second kappa shape index (κ2) is 9.85. The van der Waals surface area contributed by atoms with Gasteiger partial charge in [-0.1, -0.05) is 12.1 Å². The third-order valence-corrected chi connectivity index (χ3v) is 5.34. The molecule has 0 aromatic heterocycles. The number of nitrogens with zero attached hydrogens (tertiary/aromatic N) is 2. The van der Waals surface area contributed by atoms with Crippen molar-refractivity contribution in [2.45, 2.75) is 39.2 Å². The van der Waals surface area contributed by atoms with Gasteiger partial charge in [0.15, 0.2) is 0 Å². The predicted octanol–water partition coefficient (Wildman–Crippen LogP) is 2.50. The summed E-state index contributed by atoms with van der Waals surface area (Å²) >= 11 is 0. The topological polar surface area (TPSA) is 61.9 Å². The maximum atomic E-state index is 12.4. The van der Waals surface area contributed by atoms with Crippen molar-refractivity contribution in [3.63, 3.8) is 0 Å². The lowest BCUT2D eigenvalue weighted by atomic mass is 9.98. The number of hydrogen-bond acceptors (Lipinski definition) is 5. The van der Waals surface area contributed by atoms with Crippen molar-refractivity contribution < 1.29 is 14.3 Å². The fourth-order valence-electron chi connectivity index (χ4n) is 3.95. The number of piperidine rings is 1. The molecule has 3 rings (SSSR count). The first-order valence-corrected chi connectivity index (χ1v) is 10.1. The van der Waals surface area contributed by atoms with Crippen LogP contribution >= 0.6 is 0 Å². The summed E-state index contributed by atoms with van der Waals surface area (Å²) in [5.74, 6) is -0.292. The van der Waals surface area contributed by atoms with Crippen molar-refractivity contribution in [1.29, 1.82) is 0 Å². The van der Waals surface area contributed by atoms with Crippen molar-refractivity contribution in [3.05, 3.63) is 29.8 Å². The summed E-state index contributed by atoms with van der Waals surface area (Å²) in [5.41, 5.74) is 2.10. The Kier molecular flexibility index (Phi) is 7.24. The highest BCUT2D eigenvalue weighted by molar-refractivity contribution is 5.92. The van der Waals surface area contributed by atoms with Crippen LogP contribution in [0.15, 0.2) is 24.3 Å². The zero-order valence-electron chi connectivity index (χ0n) is 16.3. The van der Waals surface area contributed by atoms with Crippen LogP contribution in [0.3, 0.4) is 0 Å². The van der Waals surface area contributed by atoms with Crippen molar-refractivity contribution in [1.82, 2.24) is 9.80 Å². The molecule has 1 atom stereocenters. The van der Waals surface area contributed by atoms with E-state index in [1.807, 2.05) is 24.0 Å². The molecule has 0 radical (unpaired) electrons. The molecule has 0 aliphatic carbocycles. The molecule has 6 heteroatoms. The van der Waals surface area contributed by atoms with E-state index < -0.39 is 0 Å². The maximum absolute atomic E-state index is 12.4. The molecule has 0 bridgehead atoms. The average Bonchev–Trinajstić information content (AvgIpc) is 3.17. The van der Waals surface area contributed by atoms with Gasteiger partial charge in [-0.2, -0.15) is 0 Å². The maximum Gasteiger partial charge on any atom is 0.310 e. The van der Waals surface area contributed by atoms with E-state index in [1.165, 1.54) is 31.5 Å². The Hall–Kier alpha value is -1.92. The van der Waals surface area contributed by atoms with Crippen LogP contribution in [0.1, 0.15) is 38.2 Å². The summed E-state index contributed by atoms with van der Waals surface area (Å²) in [4.78, 5) is 28.8. The van der Waals surface area contributed by atoms with Crippen molar-refractivity contribution in [3.8, 4) is 0 Å². The van der Waals surface area contributed by atoms with Crippen LogP contribution in [0.5, 0.6) is 0 Å². The van der Waals surface area contributed by atoms with Crippen LogP contribution in [0.25, 0.3) is 0 Å². The molecule has 6 nitrogen and oxygen atoms in total. The lowest BCUT2D eigenvalue weighted by Crippen LogP contribution is -2.43. The average molecular weight is 373 g/mol. The highest BCUT2D eigenvalue weighted by Gasteiger charge is 2.27. The van der Waals surface area contributed by atoms with Crippen LogP contribution in [-0.4, -0.2) is 61.0 Å². The van der Waals surface area contributed by atoms with Crippen molar-refractivity contribution in [2.75, 3.05) is 44.6 Å². The first-order chi connectivity index (χ1) is 13.1. The highest BCUT2D eigenvalue weighted by Crippen LogP contribution is 2.18. The number of rotatable bonds is 7. The van der Waals surface area contributed by atoms with Gasteiger partial charge in [-0.25, -0.2) is 0 Å². The molecule has 2 fully saturated rings. The molecule has 148 valence electrons. The lowest BCUT2D eigenvalue weighted by molar-refractivity contribution is -0.150. The number of carbonyl (C=O) groups is 2. The second-order valence-corrected chi connectivity index (χ2v) is 7.55. The molecular weight excluding hydrogens is 342 g/mol. The molecule has 2 heterocycles. The fourth-order valence-corrected chi connectivity index (χ4v) is 3.95. The van der Waals surface area contributed by atoms with E-state index in [0.717, 1.165) is 31.6 Å². The highest BCUT2D eigenvalue weighted by atomic mass is 16.5. The standard InChI is InChI=1S/C21H31N3O3/c1-2-27-21(26)18-6-5-13-24(15-18)16-20(25)22-19-9-7-17(8-10-19)14-23-11-3-4-12-23/h7-10,18H,2-6,11-16H2,1H3,(H,22,25)/t18-/m0/s1. The summed E-state index contributed by atoms with van der Waals surface area (Å²) in [6.07, 6.45) is 4.35. The van der Waals surface area contributed by atoms with Gasteiger partial charge in [-0.3, -0.25) is 19.4 Å². The van der Waals surface area contributed by atoms with E-state index in [2.05, 4.69) is 22.3 Å². The van der Waals surface area contributed by atoms with E-state index in [-0.39, 0.29) is 17.8 Å². The predicted molar refractivity (Wildman–Crippen MR) is 105 cm³/mol. The third-order valence-electron chi connectivity index (χ3n) is 5.34. The summed E-state index contributed by atoms with van der Waals surface area (Å²) in [6.45, 7) is 7.33. The minimum absolute atomic E-state index is 0.0354. The molecule has 1 aromatic rings. The summed E-state index contributed by atoms with van der Waals surface area (Å²) in [6, 6.07) is 8.12. The van der Waals surface area contributed by atoms with Crippen LogP contribution in [0.4, 0.5) is 5.69 Å². The van der Waals surface area contributed by atoms with Gasteiger partial charge in [0.1, 0.15) is 0 Å². The number of amides is 1. The number of anilines is 1. The second-order valence-electron chi connectivity index (χ2n) is 7.55. The van der Waals surface area contributed by atoms with Crippen LogP contribution in [0, 0.1) is 5.92 Å². The molecule has 2 aliphatic heterocycles.